The molecule has 4 nitrogen and oxygen atoms in total. The van der Waals surface area contributed by atoms with Crippen LogP contribution in [0.2, 0.25) is 0 Å². The van der Waals surface area contributed by atoms with Gasteiger partial charge in [-0.25, -0.2) is 4.99 Å². The van der Waals surface area contributed by atoms with Gasteiger partial charge >= 0.3 is 6.18 Å². The van der Waals surface area contributed by atoms with Gasteiger partial charge in [-0.3, -0.25) is 0 Å². The van der Waals surface area contributed by atoms with Crippen LogP contribution in [0.5, 0.6) is 5.75 Å². The molecular formula is C14H21F3IN3O. The summed E-state index contributed by atoms with van der Waals surface area (Å²) in [6.45, 7) is -0.832. The van der Waals surface area contributed by atoms with E-state index >= 15 is 0 Å². The van der Waals surface area contributed by atoms with Gasteiger partial charge in [-0.2, -0.15) is 13.2 Å². The summed E-state index contributed by atoms with van der Waals surface area (Å²) in [4.78, 5) is 8.23. The minimum absolute atomic E-state index is 0. The number of benzene rings is 1. The Bertz CT molecular complexity index is 463. The molecule has 0 bridgehead atoms. The highest BCUT2D eigenvalue weighted by atomic mass is 127. The normalized spacial score (nSPS) is 10.5. The van der Waals surface area contributed by atoms with Crippen molar-refractivity contribution in [3.63, 3.8) is 0 Å². The molecule has 22 heavy (non-hydrogen) atoms. The van der Waals surface area contributed by atoms with Gasteiger partial charge in [-0.15, -0.1) is 24.0 Å². The first-order valence-electron chi connectivity index (χ1n) is 6.36. The van der Waals surface area contributed by atoms with E-state index in [1.807, 2.05) is 38.0 Å². The van der Waals surface area contributed by atoms with Gasteiger partial charge in [0.05, 0.1) is 6.54 Å². The molecule has 0 atom stereocenters. The van der Waals surface area contributed by atoms with Gasteiger partial charge in [-0.05, 0) is 17.7 Å². The van der Waals surface area contributed by atoms with Crippen molar-refractivity contribution in [1.82, 2.24) is 9.80 Å². The number of ether oxygens (including phenoxy) is 1. The molecule has 0 heterocycles. The zero-order valence-corrected chi connectivity index (χ0v) is 15.3. The van der Waals surface area contributed by atoms with Crippen LogP contribution in [0.3, 0.4) is 0 Å². The highest BCUT2D eigenvalue weighted by molar-refractivity contribution is 14.0. The molecule has 0 aliphatic carbocycles. The van der Waals surface area contributed by atoms with Crippen molar-refractivity contribution in [2.75, 3.05) is 34.8 Å². The number of aliphatic imine (C=N–C) groups is 1. The zero-order chi connectivity index (χ0) is 16.0. The number of rotatable bonds is 4. The van der Waals surface area contributed by atoms with Gasteiger partial charge in [0, 0.05) is 28.2 Å². The Balaban J connectivity index is 0.00000441. The lowest BCUT2D eigenvalue weighted by molar-refractivity contribution is -0.153. The molecule has 8 heteroatoms. The molecule has 0 aliphatic heterocycles. The van der Waals surface area contributed by atoms with Crippen molar-refractivity contribution in [2.45, 2.75) is 12.7 Å². The van der Waals surface area contributed by atoms with Gasteiger partial charge in [0.25, 0.3) is 0 Å². The summed E-state index contributed by atoms with van der Waals surface area (Å²) in [6.07, 6.45) is -4.32. The lowest BCUT2D eigenvalue weighted by atomic mass is 10.2. The fourth-order valence-electron chi connectivity index (χ4n) is 1.70. The van der Waals surface area contributed by atoms with E-state index in [1.54, 1.807) is 12.1 Å². The van der Waals surface area contributed by atoms with Gasteiger partial charge < -0.3 is 14.5 Å². The summed E-state index contributed by atoms with van der Waals surface area (Å²) in [7, 11) is 7.58. The molecule has 0 amide bonds. The number of halogens is 4. The minimum Gasteiger partial charge on any atom is -0.484 e. The second-order valence-electron chi connectivity index (χ2n) is 4.95. The van der Waals surface area contributed by atoms with Crippen molar-refractivity contribution < 1.29 is 17.9 Å². The van der Waals surface area contributed by atoms with Crippen molar-refractivity contribution in [1.29, 1.82) is 0 Å². The Kier molecular flexibility index (Phi) is 8.57. The van der Waals surface area contributed by atoms with E-state index in [2.05, 4.69) is 9.73 Å². The summed E-state index contributed by atoms with van der Waals surface area (Å²) in [5.74, 6) is 1.01. The molecule has 0 saturated heterocycles. The van der Waals surface area contributed by atoms with Gasteiger partial charge in [0.15, 0.2) is 12.6 Å². The maximum atomic E-state index is 12.0. The molecule has 0 saturated carbocycles. The van der Waals surface area contributed by atoms with Crippen molar-refractivity contribution in [3.8, 4) is 5.75 Å². The lowest BCUT2D eigenvalue weighted by Gasteiger charge is -2.22. The second kappa shape index (κ2) is 9.06. The van der Waals surface area contributed by atoms with E-state index in [9.17, 15) is 13.2 Å². The van der Waals surface area contributed by atoms with Crippen LogP contribution in [0, 0.1) is 0 Å². The van der Waals surface area contributed by atoms with Crippen LogP contribution in [0.4, 0.5) is 13.2 Å². The average molecular weight is 431 g/mol. The monoisotopic (exact) mass is 431 g/mol. The van der Waals surface area contributed by atoms with Crippen LogP contribution in [-0.2, 0) is 6.54 Å². The highest BCUT2D eigenvalue weighted by Crippen LogP contribution is 2.19. The third kappa shape index (κ3) is 7.71. The smallest absolute Gasteiger partial charge is 0.422 e. The van der Waals surface area contributed by atoms with Crippen molar-refractivity contribution in [2.24, 2.45) is 4.99 Å². The quantitative estimate of drug-likeness (QED) is 0.417. The van der Waals surface area contributed by atoms with E-state index in [0.29, 0.717) is 6.54 Å². The predicted molar refractivity (Wildman–Crippen MR) is 91.9 cm³/mol. The SMILES string of the molecule is CN(C)C(=NCc1ccc(OCC(F)(F)F)cc1)N(C)C.I. The first-order valence-corrected chi connectivity index (χ1v) is 6.36. The summed E-state index contributed by atoms with van der Waals surface area (Å²) in [5.41, 5.74) is 0.899. The first-order chi connectivity index (χ1) is 9.69. The van der Waals surface area contributed by atoms with E-state index in [4.69, 9.17) is 0 Å². The first kappa shape index (κ1) is 20.8. The van der Waals surface area contributed by atoms with Gasteiger partial charge in [-0.1, -0.05) is 12.1 Å². The number of guanidine groups is 1. The van der Waals surface area contributed by atoms with Crippen LogP contribution in [0.1, 0.15) is 5.56 Å². The Labute approximate surface area is 146 Å². The Morgan fingerprint density at radius 2 is 1.55 bits per heavy atom. The Hall–Kier alpha value is -1.19. The minimum atomic E-state index is -4.32. The van der Waals surface area contributed by atoms with Gasteiger partial charge in [0.2, 0.25) is 0 Å². The molecule has 0 radical (unpaired) electrons. The fraction of sp³-hybridized carbons (Fsp3) is 0.500. The number of nitrogens with zero attached hydrogens (tertiary/aromatic N) is 3. The lowest BCUT2D eigenvalue weighted by Crippen LogP contribution is -2.35. The molecule has 0 N–H and O–H groups in total. The standard InChI is InChI=1S/C14H20F3N3O.HI/c1-19(2)13(20(3)4)18-9-11-5-7-12(8-6-11)21-10-14(15,16)17;/h5-8H,9-10H2,1-4H3;1H. The summed E-state index contributed by atoms with van der Waals surface area (Å²) < 4.78 is 40.7. The molecular weight excluding hydrogens is 410 g/mol. The molecule has 0 aliphatic rings. The summed E-state index contributed by atoms with van der Waals surface area (Å²) >= 11 is 0. The Morgan fingerprint density at radius 1 is 1.05 bits per heavy atom. The topological polar surface area (TPSA) is 28.1 Å². The summed E-state index contributed by atoms with van der Waals surface area (Å²) in [6, 6.07) is 6.44. The molecule has 0 spiro atoms. The van der Waals surface area contributed by atoms with Crippen LogP contribution in [0.15, 0.2) is 29.3 Å². The molecule has 1 aromatic rings. The van der Waals surface area contributed by atoms with Crippen LogP contribution >= 0.6 is 24.0 Å². The molecule has 0 unspecified atom stereocenters. The summed E-state index contributed by atoms with van der Waals surface area (Å²) in [5, 5.41) is 0. The molecule has 1 aromatic carbocycles. The third-order valence-electron chi connectivity index (χ3n) is 2.53. The largest absolute Gasteiger partial charge is 0.484 e. The van der Waals surface area contributed by atoms with Crippen molar-refractivity contribution in [3.05, 3.63) is 29.8 Å². The van der Waals surface area contributed by atoms with E-state index < -0.39 is 12.8 Å². The number of alkyl halides is 3. The van der Waals surface area contributed by atoms with E-state index in [0.717, 1.165) is 11.5 Å². The maximum Gasteiger partial charge on any atom is 0.422 e. The van der Waals surface area contributed by atoms with Crippen LogP contribution in [-0.4, -0.2) is 56.7 Å². The Morgan fingerprint density at radius 3 is 1.95 bits per heavy atom. The second-order valence-corrected chi connectivity index (χ2v) is 4.95. The average Bonchev–Trinajstić information content (AvgIpc) is 2.36. The molecule has 126 valence electrons. The zero-order valence-electron chi connectivity index (χ0n) is 13.0. The van der Waals surface area contributed by atoms with Crippen molar-refractivity contribution >= 4 is 29.9 Å². The molecule has 1 rings (SSSR count). The molecule has 0 aromatic heterocycles. The maximum absolute atomic E-state index is 12.0. The predicted octanol–water partition coefficient (Wildman–Crippen LogP) is 3.22. The number of hydrogen-bond acceptors (Lipinski definition) is 2. The number of hydrogen-bond donors (Lipinski definition) is 0. The highest BCUT2D eigenvalue weighted by Gasteiger charge is 2.28. The van der Waals surface area contributed by atoms with E-state index in [1.165, 1.54) is 12.1 Å². The third-order valence-corrected chi connectivity index (χ3v) is 2.53. The van der Waals surface area contributed by atoms with Crippen LogP contribution < -0.4 is 4.74 Å². The fourth-order valence-corrected chi connectivity index (χ4v) is 1.70. The van der Waals surface area contributed by atoms with E-state index in [-0.39, 0.29) is 29.7 Å². The van der Waals surface area contributed by atoms with Crippen LogP contribution in [0.25, 0.3) is 0 Å². The van der Waals surface area contributed by atoms with Gasteiger partial charge in [0.1, 0.15) is 5.75 Å². The molecule has 0 fully saturated rings.